The standard InChI is InChI=1S/C18H15ClO3/c1-22-18-12-13(7-11-17(18)21)6-9-15(20)10-8-14-4-2-3-5-16(14)19/h2-12,21H,1H3/b9-6+,10-8+. The molecule has 2 aromatic carbocycles. The van der Waals surface area contributed by atoms with E-state index < -0.39 is 0 Å². The zero-order chi connectivity index (χ0) is 15.9. The number of rotatable bonds is 5. The second kappa shape index (κ2) is 7.48. The molecule has 0 aliphatic heterocycles. The predicted octanol–water partition coefficient (Wildman–Crippen LogP) is 4.35. The number of allylic oxidation sites excluding steroid dienone is 2. The van der Waals surface area contributed by atoms with Crippen LogP contribution >= 0.6 is 11.6 Å². The molecule has 0 radical (unpaired) electrons. The van der Waals surface area contributed by atoms with Crippen LogP contribution in [-0.4, -0.2) is 18.0 Å². The Bertz CT molecular complexity index is 733. The number of ether oxygens (including phenoxy) is 1. The lowest BCUT2D eigenvalue weighted by Gasteiger charge is -2.03. The van der Waals surface area contributed by atoms with Gasteiger partial charge in [-0.1, -0.05) is 41.9 Å². The average molecular weight is 315 g/mol. The van der Waals surface area contributed by atoms with Crippen LogP contribution in [0.4, 0.5) is 0 Å². The quantitative estimate of drug-likeness (QED) is 0.835. The van der Waals surface area contributed by atoms with E-state index in [0.29, 0.717) is 10.8 Å². The zero-order valence-electron chi connectivity index (χ0n) is 12.0. The molecule has 0 saturated heterocycles. The normalized spacial score (nSPS) is 11.2. The third-order valence-corrected chi connectivity index (χ3v) is 3.32. The topological polar surface area (TPSA) is 46.5 Å². The zero-order valence-corrected chi connectivity index (χ0v) is 12.7. The summed E-state index contributed by atoms with van der Waals surface area (Å²) in [7, 11) is 1.47. The van der Waals surface area contributed by atoms with E-state index >= 15 is 0 Å². The molecule has 0 aliphatic carbocycles. The number of ketones is 1. The number of halogens is 1. The van der Waals surface area contributed by atoms with E-state index in [4.69, 9.17) is 16.3 Å². The van der Waals surface area contributed by atoms with E-state index in [-0.39, 0.29) is 11.5 Å². The van der Waals surface area contributed by atoms with Crippen molar-refractivity contribution < 1.29 is 14.6 Å². The molecule has 112 valence electrons. The van der Waals surface area contributed by atoms with E-state index in [2.05, 4.69) is 0 Å². The second-order valence-corrected chi connectivity index (χ2v) is 4.93. The first-order valence-corrected chi connectivity index (χ1v) is 6.99. The van der Waals surface area contributed by atoms with Gasteiger partial charge in [0.2, 0.25) is 0 Å². The summed E-state index contributed by atoms with van der Waals surface area (Å²) in [5, 5.41) is 10.1. The number of methoxy groups -OCH3 is 1. The minimum atomic E-state index is -0.160. The first-order valence-electron chi connectivity index (χ1n) is 6.62. The summed E-state index contributed by atoms with van der Waals surface area (Å²) in [6, 6.07) is 12.2. The predicted molar refractivity (Wildman–Crippen MR) is 89.2 cm³/mol. The average Bonchev–Trinajstić information content (AvgIpc) is 2.53. The second-order valence-electron chi connectivity index (χ2n) is 4.52. The number of hydrogen-bond acceptors (Lipinski definition) is 3. The molecule has 0 bridgehead atoms. The van der Waals surface area contributed by atoms with Gasteiger partial charge in [0.1, 0.15) is 0 Å². The fraction of sp³-hybridized carbons (Fsp3) is 0.0556. The van der Waals surface area contributed by atoms with Gasteiger partial charge in [0.15, 0.2) is 17.3 Å². The summed E-state index contributed by atoms with van der Waals surface area (Å²) in [5.41, 5.74) is 1.55. The molecule has 0 saturated carbocycles. The molecule has 1 N–H and O–H groups in total. The SMILES string of the molecule is COc1cc(/C=C/C(=O)/C=C/c2ccccc2Cl)ccc1O. The molecule has 0 unspecified atom stereocenters. The number of phenolic OH excluding ortho intramolecular Hbond substituents is 1. The highest BCUT2D eigenvalue weighted by Gasteiger charge is 2.01. The maximum atomic E-state index is 11.8. The largest absolute Gasteiger partial charge is 0.504 e. The van der Waals surface area contributed by atoms with Crippen molar-refractivity contribution in [2.24, 2.45) is 0 Å². The van der Waals surface area contributed by atoms with Crippen LogP contribution in [0, 0.1) is 0 Å². The Kier molecular flexibility index (Phi) is 5.39. The number of hydrogen-bond donors (Lipinski definition) is 1. The smallest absolute Gasteiger partial charge is 0.178 e. The first kappa shape index (κ1) is 15.9. The molecule has 0 fully saturated rings. The van der Waals surface area contributed by atoms with Crippen LogP contribution < -0.4 is 4.74 Å². The maximum Gasteiger partial charge on any atom is 0.178 e. The molecule has 0 heterocycles. The molecule has 4 heteroatoms. The molecule has 3 nitrogen and oxygen atoms in total. The van der Waals surface area contributed by atoms with Crippen LogP contribution in [0.1, 0.15) is 11.1 Å². The summed E-state index contributed by atoms with van der Waals surface area (Å²) in [4.78, 5) is 11.8. The monoisotopic (exact) mass is 314 g/mol. The molecule has 2 aromatic rings. The molecule has 0 atom stereocenters. The molecule has 0 aliphatic rings. The highest BCUT2D eigenvalue weighted by molar-refractivity contribution is 6.32. The number of benzene rings is 2. The minimum Gasteiger partial charge on any atom is -0.504 e. The van der Waals surface area contributed by atoms with Gasteiger partial charge in [-0.15, -0.1) is 0 Å². The van der Waals surface area contributed by atoms with Crippen molar-refractivity contribution in [1.29, 1.82) is 0 Å². The van der Waals surface area contributed by atoms with Crippen LogP contribution in [0.25, 0.3) is 12.2 Å². The van der Waals surface area contributed by atoms with E-state index in [9.17, 15) is 9.90 Å². The van der Waals surface area contributed by atoms with Gasteiger partial charge in [0, 0.05) is 5.02 Å². The molecular weight excluding hydrogens is 300 g/mol. The van der Waals surface area contributed by atoms with Crippen molar-refractivity contribution in [2.45, 2.75) is 0 Å². The van der Waals surface area contributed by atoms with Crippen molar-refractivity contribution in [1.82, 2.24) is 0 Å². The van der Waals surface area contributed by atoms with Crippen LogP contribution in [0.2, 0.25) is 5.02 Å². The summed E-state index contributed by atoms with van der Waals surface area (Å²) < 4.78 is 5.01. The Balaban J connectivity index is 2.07. The van der Waals surface area contributed by atoms with Gasteiger partial charge in [-0.25, -0.2) is 0 Å². The fourth-order valence-electron chi connectivity index (χ4n) is 1.81. The van der Waals surface area contributed by atoms with Crippen LogP contribution in [-0.2, 0) is 4.79 Å². The lowest BCUT2D eigenvalue weighted by Crippen LogP contribution is -1.87. The highest BCUT2D eigenvalue weighted by atomic mass is 35.5. The van der Waals surface area contributed by atoms with Crippen LogP contribution in [0.3, 0.4) is 0 Å². The Morgan fingerprint density at radius 2 is 1.86 bits per heavy atom. The third-order valence-electron chi connectivity index (χ3n) is 2.98. The Labute approximate surface area is 134 Å². The van der Waals surface area contributed by atoms with Gasteiger partial charge >= 0.3 is 0 Å². The summed E-state index contributed by atoms with van der Waals surface area (Å²) in [6.45, 7) is 0. The molecule has 0 aromatic heterocycles. The van der Waals surface area contributed by atoms with Crippen molar-refractivity contribution in [3.63, 3.8) is 0 Å². The van der Waals surface area contributed by atoms with Gasteiger partial charge in [-0.2, -0.15) is 0 Å². The van der Waals surface area contributed by atoms with Crippen molar-refractivity contribution in [3.05, 3.63) is 70.8 Å². The minimum absolute atomic E-state index is 0.0598. The van der Waals surface area contributed by atoms with Crippen LogP contribution in [0.15, 0.2) is 54.6 Å². The molecular formula is C18H15ClO3. The van der Waals surface area contributed by atoms with Gasteiger partial charge in [0.25, 0.3) is 0 Å². The van der Waals surface area contributed by atoms with Gasteiger partial charge < -0.3 is 9.84 Å². The van der Waals surface area contributed by atoms with Crippen molar-refractivity contribution in [3.8, 4) is 11.5 Å². The van der Waals surface area contributed by atoms with Gasteiger partial charge in [-0.3, -0.25) is 4.79 Å². The highest BCUT2D eigenvalue weighted by Crippen LogP contribution is 2.26. The first-order chi connectivity index (χ1) is 10.6. The molecule has 22 heavy (non-hydrogen) atoms. The lowest BCUT2D eigenvalue weighted by atomic mass is 10.1. The third kappa shape index (κ3) is 4.24. The molecule has 0 spiro atoms. The summed E-state index contributed by atoms with van der Waals surface area (Å²) in [5.74, 6) is 0.262. The molecule has 2 rings (SSSR count). The van der Waals surface area contributed by atoms with E-state index in [1.54, 1.807) is 30.4 Å². The van der Waals surface area contributed by atoms with Crippen molar-refractivity contribution in [2.75, 3.05) is 7.11 Å². The van der Waals surface area contributed by atoms with Crippen LogP contribution in [0.5, 0.6) is 11.5 Å². The summed E-state index contributed by atoms with van der Waals surface area (Å²) in [6.07, 6.45) is 6.22. The van der Waals surface area contributed by atoms with E-state index in [0.717, 1.165) is 11.1 Å². The Hall–Kier alpha value is -2.52. The Morgan fingerprint density at radius 1 is 1.14 bits per heavy atom. The number of carbonyl (C=O) groups excluding carboxylic acids is 1. The van der Waals surface area contributed by atoms with E-state index in [1.165, 1.54) is 25.3 Å². The number of aromatic hydroxyl groups is 1. The van der Waals surface area contributed by atoms with Gasteiger partial charge in [-0.05, 0) is 47.6 Å². The molecule has 0 amide bonds. The fourth-order valence-corrected chi connectivity index (χ4v) is 2.01. The number of phenols is 1. The number of carbonyl (C=O) groups is 1. The maximum absolute atomic E-state index is 11.8. The van der Waals surface area contributed by atoms with E-state index in [1.807, 2.05) is 18.2 Å². The Morgan fingerprint density at radius 3 is 2.59 bits per heavy atom. The summed E-state index contributed by atoms with van der Waals surface area (Å²) >= 11 is 6.01. The van der Waals surface area contributed by atoms with Gasteiger partial charge in [0.05, 0.1) is 7.11 Å². The lowest BCUT2D eigenvalue weighted by molar-refractivity contribution is -0.110. The van der Waals surface area contributed by atoms with Crippen molar-refractivity contribution >= 4 is 29.5 Å².